The van der Waals surface area contributed by atoms with Crippen LogP contribution in [0.3, 0.4) is 0 Å². The van der Waals surface area contributed by atoms with Crippen molar-refractivity contribution in [3.63, 3.8) is 0 Å². The Hall–Kier alpha value is -0.670. The van der Waals surface area contributed by atoms with Gasteiger partial charge >= 0.3 is 0 Å². The fourth-order valence-electron chi connectivity index (χ4n) is 3.02. The monoisotopic (exact) mass is 279 g/mol. The smallest absolute Gasteiger partial charge is 0.0564 e. The van der Waals surface area contributed by atoms with Gasteiger partial charge in [0.15, 0.2) is 0 Å². The first-order chi connectivity index (χ1) is 9.11. The summed E-state index contributed by atoms with van der Waals surface area (Å²) in [6.07, 6.45) is 4.57. The Balaban J connectivity index is 2.10. The molecule has 1 aromatic carbocycles. The van der Waals surface area contributed by atoms with E-state index in [-0.39, 0.29) is 0 Å². The summed E-state index contributed by atoms with van der Waals surface area (Å²) in [6.45, 7) is 7.31. The SMILES string of the molecule is CCNC1CCCC(S(=O)c2ccc(C)cc2C)C1. The van der Waals surface area contributed by atoms with Gasteiger partial charge in [-0.05, 0) is 51.3 Å². The second kappa shape index (κ2) is 6.67. The van der Waals surface area contributed by atoms with Crippen LogP contribution in [0.2, 0.25) is 0 Å². The van der Waals surface area contributed by atoms with E-state index in [1.165, 1.54) is 24.0 Å². The summed E-state index contributed by atoms with van der Waals surface area (Å²) >= 11 is 0. The van der Waals surface area contributed by atoms with Crippen molar-refractivity contribution in [2.24, 2.45) is 0 Å². The van der Waals surface area contributed by atoms with E-state index in [0.29, 0.717) is 11.3 Å². The lowest BCUT2D eigenvalue weighted by atomic mass is 9.95. The molecule has 1 aliphatic rings. The third-order valence-corrected chi connectivity index (χ3v) is 5.89. The van der Waals surface area contributed by atoms with Gasteiger partial charge in [0.05, 0.1) is 10.8 Å². The number of benzene rings is 1. The second-order valence-corrected chi connectivity index (χ2v) is 7.31. The van der Waals surface area contributed by atoms with Crippen LogP contribution < -0.4 is 5.32 Å². The third-order valence-electron chi connectivity index (χ3n) is 3.97. The molecule has 1 N–H and O–H groups in total. The average Bonchev–Trinajstić information content (AvgIpc) is 2.39. The highest BCUT2D eigenvalue weighted by atomic mass is 32.2. The fourth-order valence-corrected chi connectivity index (χ4v) is 4.74. The van der Waals surface area contributed by atoms with Crippen molar-refractivity contribution in [3.05, 3.63) is 29.3 Å². The van der Waals surface area contributed by atoms with Gasteiger partial charge in [0.25, 0.3) is 0 Å². The number of rotatable bonds is 4. The molecule has 19 heavy (non-hydrogen) atoms. The van der Waals surface area contributed by atoms with Gasteiger partial charge in [0.2, 0.25) is 0 Å². The van der Waals surface area contributed by atoms with E-state index in [9.17, 15) is 4.21 Å². The third kappa shape index (κ3) is 3.67. The van der Waals surface area contributed by atoms with Gasteiger partial charge in [-0.1, -0.05) is 31.0 Å². The molecule has 1 fully saturated rings. The molecule has 3 heteroatoms. The molecule has 0 aromatic heterocycles. The van der Waals surface area contributed by atoms with E-state index < -0.39 is 10.8 Å². The Labute approximate surface area is 119 Å². The first kappa shape index (κ1) is 14.7. The molecule has 0 bridgehead atoms. The Kier molecular flexibility index (Phi) is 5.17. The molecule has 0 radical (unpaired) electrons. The highest BCUT2D eigenvalue weighted by Gasteiger charge is 2.27. The lowest BCUT2D eigenvalue weighted by Crippen LogP contribution is -2.37. The van der Waals surface area contributed by atoms with Crippen molar-refractivity contribution in [3.8, 4) is 0 Å². The zero-order valence-corrected chi connectivity index (χ0v) is 13.1. The molecule has 1 saturated carbocycles. The number of nitrogens with one attached hydrogen (secondary N) is 1. The van der Waals surface area contributed by atoms with Crippen LogP contribution in [0.15, 0.2) is 23.1 Å². The molecule has 106 valence electrons. The molecule has 0 saturated heterocycles. The van der Waals surface area contributed by atoms with Crippen LogP contribution in [0, 0.1) is 13.8 Å². The lowest BCUT2D eigenvalue weighted by Gasteiger charge is -2.29. The summed E-state index contributed by atoms with van der Waals surface area (Å²) in [7, 11) is -0.854. The topological polar surface area (TPSA) is 29.1 Å². The number of aryl methyl sites for hydroxylation is 2. The molecule has 1 aromatic rings. The van der Waals surface area contributed by atoms with Gasteiger partial charge in [0.1, 0.15) is 0 Å². The van der Waals surface area contributed by atoms with Crippen molar-refractivity contribution >= 4 is 10.8 Å². The first-order valence-electron chi connectivity index (χ1n) is 7.33. The van der Waals surface area contributed by atoms with Gasteiger partial charge in [0, 0.05) is 16.2 Å². The zero-order chi connectivity index (χ0) is 13.8. The Morgan fingerprint density at radius 2 is 2.11 bits per heavy atom. The molecule has 2 nitrogen and oxygen atoms in total. The average molecular weight is 279 g/mol. The van der Waals surface area contributed by atoms with E-state index in [2.05, 4.69) is 44.3 Å². The number of hydrogen-bond acceptors (Lipinski definition) is 2. The van der Waals surface area contributed by atoms with E-state index >= 15 is 0 Å². The van der Waals surface area contributed by atoms with Crippen molar-refractivity contribution in [1.29, 1.82) is 0 Å². The molecular weight excluding hydrogens is 254 g/mol. The van der Waals surface area contributed by atoms with Gasteiger partial charge in [-0.2, -0.15) is 0 Å². The second-order valence-electron chi connectivity index (χ2n) is 5.61. The molecule has 3 unspecified atom stereocenters. The van der Waals surface area contributed by atoms with Crippen LogP contribution in [0.1, 0.15) is 43.7 Å². The van der Waals surface area contributed by atoms with E-state index in [1.54, 1.807) is 0 Å². The van der Waals surface area contributed by atoms with Crippen LogP contribution >= 0.6 is 0 Å². The standard InChI is InChI=1S/C16H25NOS/c1-4-17-14-6-5-7-15(11-14)19(18)16-9-8-12(2)10-13(16)3/h8-10,14-15,17H,4-7,11H2,1-3H3. The predicted octanol–water partition coefficient (Wildman–Crippen LogP) is 3.33. The summed E-state index contributed by atoms with van der Waals surface area (Å²) in [6, 6.07) is 6.82. The minimum atomic E-state index is -0.854. The summed E-state index contributed by atoms with van der Waals surface area (Å²) in [5, 5.41) is 3.83. The van der Waals surface area contributed by atoms with Crippen LogP contribution in [0.4, 0.5) is 0 Å². The van der Waals surface area contributed by atoms with Crippen molar-refractivity contribution in [2.45, 2.75) is 62.6 Å². The van der Waals surface area contributed by atoms with E-state index in [4.69, 9.17) is 0 Å². The highest BCUT2D eigenvalue weighted by Crippen LogP contribution is 2.28. The van der Waals surface area contributed by atoms with Gasteiger partial charge in [-0.25, -0.2) is 0 Å². The first-order valence-corrected chi connectivity index (χ1v) is 8.54. The molecule has 0 spiro atoms. The maximum absolute atomic E-state index is 12.8. The largest absolute Gasteiger partial charge is 0.314 e. The summed E-state index contributed by atoms with van der Waals surface area (Å²) in [4.78, 5) is 1.03. The molecule has 0 amide bonds. The lowest BCUT2D eigenvalue weighted by molar-refractivity contribution is 0.383. The highest BCUT2D eigenvalue weighted by molar-refractivity contribution is 7.85. The number of hydrogen-bond donors (Lipinski definition) is 1. The minimum absolute atomic E-state index is 0.319. The molecular formula is C16H25NOS. The molecule has 2 rings (SSSR count). The molecule has 0 heterocycles. The van der Waals surface area contributed by atoms with Gasteiger partial charge in [-0.15, -0.1) is 0 Å². The Morgan fingerprint density at radius 3 is 2.79 bits per heavy atom. The van der Waals surface area contributed by atoms with Crippen molar-refractivity contribution in [1.82, 2.24) is 5.32 Å². The predicted molar refractivity (Wildman–Crippen MR) is 82.0 cm³/mol. The Bertz CT molecular complexity index is 456. The summed E-state index contributed by atoms with van der Waals surface area (Å²) < 4.78 is 12.8. The van der Waals surface area contributed by atoms with Crippen LogP contribution in [0.5, 0.6) is 0 Å². The van der Waals surface area contributed by atoms with E-state index in [0.717, 1.165) is 24.3 Å². The van der Waals surface area contributed by atoms with Crippen molar-refractivity contribution in [2.75, 3.05) is 6.54 Å². The molecule has 0 aliphatic heterocycles. The molecule has 3 atom stereocenters. The van der Waals surface area contributed by atoms with Gasteiger partial charge in [-0.3, -0.25) is 4.21 Å². The maximum atomic E-state index is 12.8. The minimum Gasteiger partial charge on any atom is -0.314 e. The Morgan fingerprint density at radius 1 is 1.32 bits per heavy atom. The molecule has 1 aliphatic carbocycles. The quantitative estimate of drug-likeness (QED) is 0.916. The van der Waals surface area contributed by atoms with E-state index in [1.807, 2.05) is 0 Å². The van der Waals surface area contributed by atoms with Crippen LogP contribution in [-0.4, -0.2) is 22.0 Å². The summed E-state index contributed by atoms with van der Waals surface area (Å²) in [5.41, 5.74) is 2.41. The summed E-state index contributed by atoms with van der Waals surface area (Å²) in [5.74, 6) is 0. The maximum Gasteiger partial charge on any atom is 0.0564 e. The van der Waals surface area contributed by atoms with Crippen LogP contribution in [-0.2, 0) is 10.8 Å². The fraction of sp³-hybridized carbons (Fsp3) is 0.625. The normalized spacial score (nSPS) is 25.2. The van der Waals surface area contributed by atoms with Gasteiger partial charge < -0.3 is 5.32 Å². The zero-order valence-electron chi connectivity index (χ0n) is 12.2. The van der Waals surface area contributed by atoms with Crippen LogP contribution in [0.25, 0.3) is 0 Å². The van der Waals surface area contributed by atoms with Crippen molar-refractivity contribution < 1.29 is 4.21 Å².